The fourth-order valence-corrected chi connectivity index (χ4v) is 2.42. The summed E-state index contributed by atoms with van der Waals surface area (Å²) in [6.07, 6.45) is -0.770. The number of rotatable bonds is 2. The maximum absolute atomic E-state index is 12.4. The van der Waals surface area contributed by atoms with Crippen LogP contribution in [0.3, 0.4) is 0 Å². The number of carbonyl (C=O) groups excluding carboxylic acids is 1. The Kier molecular flexibility index (Phi) is 3.94. The van der Waals surface area contributed by atoms with Gasteiger partial charge in [0, 0.05) is 31.1 Å². The predicted octanol–water partition coefficient (Wildman–Crippen LogP) is 1.85. The van der Waals surface area contributed by atoms with E-state index >= 15 is 0 Å². The Morgan fingerprint density at radius 1 is 1.50 bits per heavy atom. The van der Waals surface area contributed by atoms with Gasteiger partial charge in [0.15, 0.2) is 0 Å². The zero-order valence-corrected chi connectivity index (χ0v) is 10.1. The van der Waals surface area contributed by atoms with Crippen LogP contribution in [0.5, 0.6) is 0 Å². The number of alkyl halides is 3. The van der Waals surface area contributed by atoms with Crippen molar-refractivity contribution in [2.24, 2.45) is 0 Å². The maximum Gasteiger partial charge on any atom is 0.412 e. The summed E-state index contributed by atoms with van der Waals surface area (Å²) < 4.78 is 37.2. The molecule has 0 saturated carbocycles. The van der Waals surface area contributed by atoms with Gasteiger partial charge in [0.25, 0.3) is 0 Å². The van der Waals surface area contributed by atoms with Crippen LogP contribution in [0.4, 0.5) is 13.2 Å². The number of amides is 1. The Balaban J connectivity index is 1.85. The van der Waals surface area contributed by atoms with E-state index in [-0.39, 0.29) is 31.5 Å². The first-order valence-electron chi connectivity index (χ1n) is 6.24. The van der Waals surface area contributed by atoms with Gasteiger partial charge in [-0.25, -0.2) is 0 Å². The highest BCUT2D eigenvalue weighted by atomic mass is 19.4. The number of nitrogens with one attached hydrogen (secondary N) is 1. The smallest absolute Gasteiger partial charge is 0.339 e. The van der Waals surface area contributed by atoms with Crippen LogP contribution < -0.4 is 5.32 Å². The van der Waals surface area contributed by atoms with Crippen LogP contribution in [0.25, 0.3) is 0 Å². The molecule has 1 unspecified atom stereocenters. The molecule has 2 aliphatic heterocycles. The molecule has 2 aliphatic rings. The second kappa shape index (κ2) is 5.30. The first-order valence-corrected chi connectivity index (χ1v) is 6.24. The van der Waals surface area contributed by atoms with Gasteiger partial charge in [-0.15, -0.1) is 0 Å². The van der Waals surface area contributed by atoms with E-state index in [1.54, 1.807) is 0 Å². The Labute approximate surface area is 104 Å². The van der Waals surface area contributed by atoms with Crippen molar-refractivity contribution in [1.82, 2.24) is 10.2 Å². The van der Waals surface area contributed by atoms with Gasteiger partial charge in [0.1, 0.15) is 0 Å². The SMILES string of the molecule is O=C(CC1CCCN1)N1CC=C(C(F)(F)F)CC1. The lowest BCUT2D eigenvalue weighted by molar-refractivity contribution is -0.132. The van der Waals surface area contributed by atoms with Crippen LogP contribution >= 0.6 is 0 Å². The van der Waals surface area contributed by atoms with Crippen molar-refractivity contribution in [2.75, 3.05) is 19.6 Å². The third-order valence-corrected chi connectivity index (χ3v) is 3.51. The lowest BCUT2D eigenvalue weighted by Crippen LogP contribution is -2.39. The zero-order valence-electron chi connectivity index (χ0n) is 10.1. The van der Waals surface area contributed by atoms with E-state index in [9.17, 15) is 18.0 Å². The molecule has 102 valence electrons. The highest BCUT2D eigenvalue weighted by Crippen LogP contribution is 2.30. The standard InChI is InChI=1S/C12H17F3N2O/c13-12(14,15)9-3-6-17(7-4-9)11(18)8-10-2-1-5-16-10/h3,10,16H,1-2,4-8H2. The predicted molar refractivity (Wildman–Crippen MR) is 61.0 cm³/mol. The number of hydrogen-bond acceptors (Lipinski definition) is 2. The number of carbonyl (C=O) groups is 1. The van der Waals surface area contributed by atoms with Crippen molar-refractivity contribution in [3.05, 3.63) is 11.6 Å². The molecule has 6 heteroatoms. The monoisotopic (exact) mass is 262 g/mol. The summed E-state index contributed by atoms with van der Waals surface area (Å²) in [4.78, 5) is 13.4. The van der Waals surface area contributed by atoms with Gasteiger partial charge >= 0.3 is 6.18 Å². The fraction of sp³-hybridized carbons (Fsp3) is 0.750. The number of halogens is 3. The van der Waals surface area contributed by atoms with E-state index < -0.39 is 11.7 Å². The lowest BCUT2D eigenvalue weighted by atomic mass is 10.1. The van der Waals surface area contributed by atoms with Gasteiger partial charge in [-0.3, -0.25) is 4.79 Å². The van der Waals surface area contributed by atoms with Crippen molar-refractivity contribution in [3.8, 4) is 0 Å². The fourth-order valence-electron chi connectivity index (χ4n) is 2.42. The Hall–Kier alpha value is -1.04. The molecule has 0 bridgehead atoms. The summed E-state index contributed by atoms with van der Waals surface area (Å²) in [6, 6.07) is 0.200. The topological polar surface area (TPSA) is 32.3 Å². The molecule has 3 nitrogen and oxygen atoms in total. The molecule has 2 heterocycles. The maximum atomic E-state index is 12.4. The van der Waals surface area contributed by atoms with Gasteiger partial charge < -0.3 is 10.2 Å². The third kappa shape index (κ3) is 3.25. The Morgan fingerprint density at radius 2 is 2.28 bits per heavy atom. The summed E-state index contributed by atoms with van der Waals surface area (Å²) >= 11 is 0. The van der Waals surface area contributed by atoms with E-state index in [2.05, 4.69) is 5.32 Å². The molecule has 1 atom stereocenters. The molecule has 1 fully saturated rings. The molecular weight excluding hydrogens is 245 g/mol. The molecule has 0 radical (unpaired) electrons. The second-order valence-corrected chi connectivity index (χ2v) is 4.81. The third-order valence-electron chi connectivity index (χ3n) is 3.51. The molecule has 1 saturated heterocycles. The van der Waals surface area contributed by atoms with Crippen molar-refractivity contribution < 1.29 is 18.0 Å². The Bertz CT molecular complexity index is 346. The molecule has 0 aromatic heterocycles. The van der Waals surface area contributed by atoms with Crippen LogP contribution in [0.2, 0.25) is 0 Å². The number of nitrogens with zero attached hydrogens (tertiary/aromatic N) is 1. The summed E-state index contributed by atoms with van der Waals surface area (Å²) in [5.41, 5.74) is -0.509. The zero-order chi connectivity index (χ0) is 13.2. The molecular formula is C12H17F3N2O. The average Bonchev–Trinajstić information content (AvgIpc) is 2.81. The molecule has 1 amide bonds. The van der Waals surface area contributed by atoms with Gasteiger partial charge in [-0.05, 0) is 25.8 Å². The molecule has 0 aliphatic carbocycles. The second-order valence-electron chi connectivity index (χ2n) is 4.81. The molecule has 0 spiro atoms. The van der Waals surface area contributed by atoms with E-state index in [0.717, 1.165) is 25.5 Å². The molecule has 18 heavy (non-hydrogen) atoms. The van der Waals surface area contributed by atoms with Gasteiger partial charge in [0.05, 0.1) is 0 Å². The first-order chi connectivity index (χ1) is 8.47. The molecule has 2 rings (SSSR count). The quantitative estimate of drug-likeness (QED) is 0.770. The van der Waals surface area contributed by atoms with Crippen molar-refractivity contribution >= 4 is 5.91 Å². The van der Waals surface area contributed by atoms with Crippen molar-refractivity contribution in [2.45, 2.75) is 37.9 Å². The normalized spacial score (nSPS) is 25.2. The number of hydrogen-bond donors (Lipinski definition) is 1. The minimum Gasteiger partial charge on any atom is -0.339 e. The molecule has 1 N–H and O–H groups in total. The molecule has 0 aromatic carbocycles. The van der Waals surface area contributed by atoms with Crippen LogP contribution in [0.1, 0.15) is 25.7 Å². The van der Waals surface area contributed by atoms with Crippen LogP contribution in [-0.4, -0.2) is 42.7 Å². The largest absolute Gasteiger partial charge is 0.412 e. The first kappa shape index (κ1) is 13.4. The van der Waals surface area contributed by atoms with Gasteiger partial charge in [-0.2, -0.15) is 13.2 Å². The van der Waals surface area contributed by atoms with Gasteiger partial charge in [-0.1, -0.05) is 6.08 Å². The van der Waals surface area contributed by atoms with Crippen molar-refractivity contribution in [3.63, 3.8) is 0 Å². The summed E-state index contributed by atoms with van der Waals surface area (Å²) in [5.74, 6) is -0.0492. The van der Waals surface area contributed by atoms with E-state index in [1.807, 2.05) is 0 Å². The summed E-state index contributed by atoms with van der Waals surface area (Å²) in [5, 5.41) is 3.22. The van der Waals surface area contributed by atoms with E-state index in [4.69, 9.17) is 0 Å². The van der Waals surface area contributed by atoms with Crippen LogP contribution in [0, 0.1) is 0 Å². The van der Waals surface area contributed by atoms with Gasteiger partial charge in [0.2, 0.25) is 5.91 Å². The van der Waals surface area contributed by atoms with Crippen LogP contribution in [0.15, 0.2) is 11.6 Å². The lowest BCUT2D eigenvalue weighted by Gasteiger charge is -2.28. The molecule has 0 aromatic rings. The Morgan fingerprint density at radius 3 is 2.78 bits per heavy atom. The van der Waals surface area contributed by atoms with Crippen LogP contribution in [-0.2, 0) is 4.79 Å². The summed E-state index contributed by atoms with van der Waals surface area (Å²) in [6.45, 7) is 1.19. The minimum absolute atomic E-state index is 0.0492. The summed E-state index contributed by atoms with van der Waals surface area (Å²) in [7, 11) is 0. The van der Waals surface area contributed by atoms with Crippen molar-refractivity contribution in [1.29, 1.82) is 0 Å². The highest BCUT2D eigenvalue weighted by Gasteiger charge is 2.35. The highest BCUT2D eigenvalue weighted by molar-refractivity contribution is 5.77. The van der Waals surface area contributed by atoms with E-state index in [1.165, 1.54) is 4.90 Å². The minimum atomic E-state index is -4.25. The average molecular weight is 262 g/mol. The van der Waals surface area contributed by atoms with E-state index in [0.29, 0.717) is 6.42 Å².